The van der Waals surface area contributed by atoms with Crippen molar-refractivity contribution in [3.8, 4) is 0 Å². The fraction of sp³-hybridized carbons (Fsp3) is 0.676. The summed E-state index contributed by atoms with van der Waals surface area (Å²) in [5, 5.41) is 0. The predicted octanol–water partition coefficient (Wildman–Crippen LogP) is 0.711. The fourth-order valence-electron chi connectivity index (χ4n) is 5.27. The molecule has 2 heterocycles. The standard InChI is InChI=1S/C18H26O9.C16H22O11/c1-9(2)7-14-16(24-11(4)20)18(26-13(6)22)17(25-12(5)21)15(27-14)8-23-10(3)19;1-7(17)22-6-12-13(23-8(2)18)14(24-9(3)19)15(25-10(4)20)16(27-12)26-11(5)21/h14-18H,1,7-8H2,2-6H3;12-16H,6H2,1-5H3. The summed E-state index contributed by atoms with van der Waals surface area (Å²) in [5.41, 5.74) is 0.732. The van der Waals surface area contributed by atoms with Crippen LogP contribution in [0.3, 0.4) is 0 Å². The van der Waals surface area contributed by atoms with Crippen molar-refractivity contribution in [1.29, 1.82) is 0 Å². The number of carbonyl (C=O) groups is 9. The van der Waals surface area contributed by atoms with E-state index in [2.05, 4.69) is 6.58 Å². The maximum atomic E-state index is 11.6. The average Bonchev–Trinajstić information content (AvgIpc) is 2.99. The zero-order valence-electron chi connectivity index (χ0n) is 31.8. The highest BCUT2D eigenvalue weighted by Gasteiger charge is 2.54. The van der Waals surface area contributed by atoms with Crippen LogP contribution in [0.2, 0.25) is 0 Å². The minimum atomic E-state index is -1.48. The van der Waals surface area contributed by atoms with Crippen molar-refractivity contribution >= 4 is 53.7 Å². The number of ether oxygens (including phenoxy) is 11. The van der Waals surface area contributed by atoms with Gasteiger partial charge >= 0.3 is 53.7 Å². The molecule has 0 aromatic carbocycles. The van der Waals surface area contributed by atoms with Crippen LogP contribution in [0, 0.1) is 0 Å². The number of hydrogen-bond acceptors (Lipinski definition) is 20. The molecule has 2 aliphatic heterocycles. The summed E-state index contributed by atoms with van der Waals surface area (Å²) in [5.74, 6) is -6.20. The predicted molar refractivity (Wildman–Crippen MR) is 175 cm³/mol. The van der Waals surface area contributed by atoms with E-state index in [-0.39, 0.29) is 6.61 Å². The first-order chi connectivity index (χ1) is 25.0. The molecule has 0 saturated carbocycles. The van der Waals surface area contributed by atoms with E-state index in [1.54, 1.807) is 6.92 Å². The van der Waals surface area contributed by atoms with Gasteiger partial charge in [0.25, 0.3) is 0 Å². The van der Waals surface area contributed by atoms with Gasteiger partial charge in [-0.2, -0.15) is 0 Å². The Morgan fingerprint density at radius 3 is 1.02 bits per heavy atom. The lowest BCUT2D eigenvalue weighted by Gasteiger charge is -2.44. The normalized spacial score (nSPS) is 27.1. The van der Waals surface area contributed by atoms with Gasteiger partial charge in [-0.25, -0.2) is 0 Å². The minimum Gasteiger partial charge on any atom is -0.463 e. The maximum absolute atomic E-state index is 11.6. The number of rotatable bonds is 13. The summed E-state index contributed by atoms with van der Waals surface area (Å²) in [7, 11) is 0. The van der Waals surface area contributed by atoms with Crippen LogP contribution in [0.15, 0.2) is 12.2 Å². The van der Waals surface area contributed by atoms with Gasteiger partial charge in [0, 0.05) is 62.3 Å². The Hall–Kier alpha value is -5.11. The monoisotopic (exact) mass is 776 g/mol. The third-order valence-corrected chi connectivity index (χ3v) is 6.87. The van der Waals surface area contributed by atoms with Crippen molar-refractivity contribution in [1.82, 2.24) is 0 Å². The molecule has 2 aliphatic rings. The van der Waals surface area contributed by atoms with E-state index in [0.29, 0.717) is 6.42 Å². The highest BCUT2D eigenvalue weighted by molar-refractivity contribution is 5.70. The maximum Gasteiger partial charge on any atom is 0.305 e. The number of esters is 9. The van der Waals surface area contributed by atoms with Gasteiger partial charge in [-0.3, -0.25) is 43.2 Å². The van der Waals surface area contributed by atoms with Gasteiger partial charge in [0.05, 0.1) is 0 Å². The molecule has 2 saturated heterocycles. The molecule has 20 nitrogen and oxygen atoms in total. The summed E-state index contributed by atoms with van der Waals surface area (Å²) in [6.07, 6.45) is -11.3. The van der Waals surface area contributed by atoms with E-state index in [0.717, 1.165) is 40.2 Å². The summed E-state index contributed by atoms with van der Waals surface area (Å²) in [6.45, 7) is 15.3. The van der Waals surface area contributed by atoms with Crippen molar-refractivity contribution in [3.63, 3.8) is 0 Å². The molecule has 0 N–H and O–H groups in total. The van der Waals surface area contributed by atoms with Crippen molar-refractivity contribution in [2.24, 2.45) is 0 Å². The fourth-order valence-corrected chi connectivity index (χ4v) is 5.27. The number of hydrogen-bond donors (Lipinski definition) is 0. The molecule has 0 amide bonds. The SMILES string of the molecule is C=C(C)CC1OC(COC(C)=O)C(OC(C)=O)C(OC(C)=O)C1OC(C)=O.CC(=O)OCC1OC(OC(C)=O)C(OC(C)=O)C(OC(C)=O)C1OC(C)=O. The van der Waals surface area contributed by atoms with E-state index in [1.165, 1.54) is 27.7 Å². The van der Waals surface area contributed by atoms with Gasteiger partial charge in [0.15, 0.2) is 30.5 Å². The summed E-state index contributed by atoms with van der Waals surface area (Å²) >= 11 is 0. The Bertz CT molecular complexity index is 1300. The molecular formula is C34H48O20. The van der Waals surface area contributed by atoms with Gasteiger partial charge in [0.2, 0.25) is 12.4 Å². The summed E-state index contributed by atoms with van der Waals surface area (Å²) < 4.78 is 57.6. The van der Waals surface area contributed by atoms with Gasteiger partial charge < -0.3 is 52.1 Å². The van der Waals surface area contributed by atoms with Gasteiger partial charge in [-0.05, 0) is 13.3 Å². The second-order valence-corrected chi connectivity index (χ2v) is 12.1. The lowest BCUT2D eigenvalue weighted by Crippen LogP contribution is -2.63. The molecule has 10 atom stereocenters. The lowest BCUT2D eigenvalue weighted by molar-refractivity contribution is -0.300. The average molecular weight is 777 g/mol. The van der Waals surface area contributed by atoms with E-state index in [9.17, 15) is 43.2 Å². The van der Waals surface area contributed by atoms with Crippen LogP contribution in [0.4, 0.5) is 0 Å². The van der Waals surface area contributed by atoms with Crippen LogP contribution in [0.5, 0.6) is 0 Å². The molecule has 0 bridgehead atoms. The molecule has 54 heavy (non-hydrogen) atoms. The van der Waals surface area contributed by atoms with Crippen molar-refractivity contribution in [2.75, 3.05) is 13.2 Å². The van der Waals surface area contributed by atoms with Crippen LogP contribution in [-0.2, 0) is 95.3 Å². The Morgan fingerprint density at radius 2 is 0.685 bits per heavy atom. The van der Waals surface area contributed by atoms with Crippen molar-refractivity contribution in [3.05, 3.63) is 12.2 Å². The summed E-state index contributed by atoms with van der Waals surface area (Å²) in [4.78, 5) is 103. The Labute approximate surface area is 311 Å². The molecule has 2 rings (SSSR count). The van der Waals surface area contributed by atoms with Crippen LogP contribution in [0.25, 0.3) is 0 Å². The molecule has 20 heteroatoms. The van der Waals surface area contributed by atoms with Gasteiger partial charge in [-0.15, -0.1) is 6.58 Å². The first-order valence-electron chi connectivity index (χ1n) is 16.4. The Morgan fingerprint density at radius 1 is 0.389 bits per heavy atom. The Balaban J connectivity index is 0.000000540. The molecule has 304 valence electrons. The first-order valence-corrected chi connectivity index (χ1v) is 16.4. The second kappa shape index (κ2) is 22.2. The summed E-state index contributed by atoms with van der Waals surface area (Å²) in [6, 6.07) is 0. The molecule has 0 spiro atoms. The molecule has 10 unspecified atom stereocenters. The molecule has 0 aliphatic carbocycles. The molecule has 0 radical (unpaired) electrons. The van der Waals surface area contributed by atoms with Crippen LogP contribution >= 0.6 is 0 Å². The van der Waals surface area contributed by atoms with E-state index < -0.39 is 122 Å². The quantitative estimate of drug-likeness (QED) is 0.142. The van der Waals surface area contributed by atoms with Crippen LogP contribution in [0.1, 0.15) is 75.7 Å². The zero-order valence-corrected chi connectivity index (χ0v) is 31.8. The van der Waals surface area contributed by atoms with Crippen LogP contribution in [-0.4, -0.2) is 128 Å². The van der Waals surface area contributed by atoms with Gasteiger partial charge in [-0.1, -0.05) is 5.57 Å². The topological polar surface area (TPSA) is 255 Å². The lowest BCUT2D eigenvalue weighted by atomic mass is 9.91. The Kier molecular flexibility index (Phi) is 19.3. The third-order valence-electron chi connectivity index (χ3n) is 6.87. The van der Waals surface area contributed by atoms with Crippen molar-refractivity contribution in [2.45, 2.75) is 137 Å². The van der Waals surface area contributed by atoms with E-state index >= 15 is 0 Å². The van der Waals surface area contributed by atoms with E-state index in [1.807, 2.05) is 0 Å². The second-order valence-electron chi connectivity index (χ2n) is 12.1. The van der Waals surface area contributed by atoms with Crippen LogP contribution < -0.4 is 0 Å². The van der Waals surface area contributed by atoms with Crippen molar-refractivity contribution < 1.29 is 95.3 Å². The number of carbonyl (C=O) groups excluding carboxylic acids is 9. The molecule has 0 aromatic heterocycles. The molecule has 2 fully saturated rings. The van der Waals surface area contributed by atoms with E-state index in [4.69, 9.17) is 52.1 Å². The largest absolute Gasteiger partial charge is 0.463 e. The third kappa shape index (κ3) is 16.7. The first kappa shape index (κ1) is 46.9. The molecule has 0 aromatic rings. The molecular weight excluding hydrogens is 728 g/mol. The minimum absolute atomic E-state index is 0.232. The van der Waals surface area contributed by atoms with Gasteiger partial charge in [0.1, 0.15) is 31.5 Å². The smallest absolute Gasteiger partial charge is 0.305 e. The highest BCUT2D eigenvalue weighted by Crippen LogP contribution is 2.32. The highest BCUT2D eigenvalue weighted by atomic mass is 16.7. The zero-order chi connectivity index (χ0) is 41.4.